The van der Waals surface area contributed by atoms with Crippen LogP contribution in [0.15, 0.2) is 11.8 Å². The van der Waals surface area contributed by atoms with Gasteiger partial charge in [0.25, 0.3) is 0 Å². The third kappa shape index (κ3) is 3.77. The van der Waals surface area contributed by atoms with Crippen LogP contribution in [0.5, 0.6) is 0 Å². The summed E-state index contributed by atoms with van der Waals surface area (Å²) >= 11 is 0. The molecule has 0 spiro atoms. The van der Waals surface area contributed by atoms with Crippen LogP contribution in [0.1, 0.15) is 32.6 Å². The maximum Gasteiger partial charge on any atom is 0.0965 e. The van der Waals surface area contributed by atoms with Crippen LogP contribution < -0.4 is 0 Å². The first-order valence-electron chi connectivity index (χ1n) is 4.83. The fraction of sp³-hybridized carbons (Fsp3) is 0.800. The standard InChI is InChI=1S/C10H18O2/c1-2-3-4-7-12-10-5-8-11-9-6-10/h5H,2-4,6-9H2,1H3. The van der Waals surface area contributed by atoms with Gasteiger partial charge in [0, 0.05) is 6.42 Å². The second-order valence-corrected chi connectivity index (χ2v) is 3.05. The number of hydrogen-bond donors (Lipinski definition) is 0. The molecular formula is C10H18O2. The van der Waals surface area contributed by atoms with Crippen molar-refractivity contribution in [3.63, 3.8) is 0 Å². The highest BCUT2D eigenvalue weighted by Gasteiger charge is 2.03. The van der Waals surface area contributed by atoms with Crippen molar-refractivity contribution in [3.8, 4) is 0 Å². The summed E-state index contributed by atoms with van der Waals surface area (Å²) in [5, 5.41) is 0. The summed E-state index contributed by atoms with van der Waals surface area (Å²) in [6.07, 6.45) is 6.69. The van der Waals surface area contributed by atoms with Crippen molar-refractivity contribution >= 4 is 0 Å². The summed E-state index contributed by atoms with van der Waals surface area (Å²) < 4.78 is 10.7. The lowest BCUT2D eigenvalue weighted by molar-refractivity contribution is 0.110. The second kappa shape index (κ2) is 6.06. The van der Waals surface area contributed by atoms with Crippen molar-refractivity contribution < 1.29 is 9.47 Å². The van der Waals surface area contributed by atoms with E-state index in [1.54, 1.807) is 0 Å². The fourth-order valence-electron chi connectivity index (χ4n) is 1.20. The van der Waals surface area contributed by atoms with E-state index in [4.69, 9.17) is 9.47 Å². The van der Waals surface area contributed by atoms with Crippen molar-refractivity contribution in [1.82, 2.24) is 0 Å². The summed E-state index contributed by atoms with van der Waals surface area (Å²) in [6.45, 7) is 4.62. The molecule has 0 saturated carbocycles. The highest BCUT2D eigenvalue weighted by atomic mass is 16.5. The van der Waals surface area contributed by atoms with E-state index in [1.165, 1.54) is 19.3 Å². The van der Waals surface area contributed by atoms with Crippen LogP contribution in [0.2, 0.25) is 0 Å². The highest BCUT2D eigenvalue weighted by Crippen LogP contribution is 2.09. The molecule has 0 radical (unpaired) electrons. The molecule has 0 saturated heterocycles. The minimum Gasteiger partial charge on any atom is -0.498 e. The van der Waals surface area contributed by atoms with Gasteiger partial charge in [0.05, 0.1) is 25.6 Å². The van der Waals surface area contributed by atoms with E-state index >= 15 is 0 Å². The molecular weight excluding hydrogens is 152 g/mol. The van der Waals surface area contributed by atoms with Crippen LogP contribution in [0, 0.1) is 0 Å². The Morgan fingerprint density at radius 3 is 3.08 bits per heavy atom. The second-order valence-electron chi connectivity index (χ2n) is 3.05. The van der Waals surface area contributed by atoms with Gasteiger partial charge in [-0.2, -0.15) is 0 Å². The molecule has 0 amide bonds. The lowest BCUT2D eigenvalue weighted by Crippen LogP contribution is -2.07. The predicted octanol–water partition coefficient (Wildman–Crippen LogP) is 2.50. The summed E-state index contributed by atoms with van der Waals surface area (Å²) in [5.41, 5.74) is 0. The Balaban J connectivity index is 2.01. The zero-order valence-electron chi connectivity index (χ0n) is 7.84. The maximum atomic E-state index is 5.57. The van der Waals surface area contributed by atoms with Gasteiger partial charge in [-0.25, -0.2) is 0 Å². The van der Waals surface area contributed by atoms with Gasteiger partial charge >= 0.3 is 0 Å². The molecule has 2 nitrogen and oxygen atoms in total. The Labute approximate surface area is 74.6 Å². The number of hydrogen-bond acceptors (Lipinski definition) is 2. The normalized spacial score (nSPS) is 17.2. The number of ether oxygens (including phenoxy) is 2. The Bertz CT molecular complexity index is 141. The molecule has 1 rings (SSSR count). The van der Waals surface area contributed by atoms with Gasteiger partial charge in [0.15, 0.2) is 0 Å². The van der Waals surface area contributed by atoms with Gasteiger partial charge in [-0.3, -0.25) is 0 Å². The van der Waals surface area contributed by atoms with E-state index in [1.807, 2.05) is 6.08 Å². The number of rotatable bonds is 5. The first kappa shape index (κ1) is 9.59. The minimum atomic E-state index is 0.725. The van der Waals surface area contributed by atoms with E-state index in [0.29, 0.717) is 0 Å². The molecule has 0 N–H and O–H groups in total. The summed E-state index contributed by atoms with van der Waals surface area (Å²) in [6, 6.07) is 0. The zero-order valence-corrected chi connectivity index (χ0v) is 7.84. The fourth-order valence-corrected chi connectivity index (χ4v) is 1.20. The topological polar surface area (TPSA) is 18.5 Å². The van der Waals surface area contributed by atoms with Crippen molar-refractivity contribution in [2.24, 2.45) is 0 Å². The van der Waals surface area contributed by atoms with Crippen LogP contribution in [0.4, 0.5) is 0 Å². The van der Waals surface area contributed by atoms with Crippen molar-refractivity contribution in [2.45, 2.75) is 32.6 Å². The SMILES string of the molecule is CCCCCOC1=CCOCC1. The molecule has 2 heteroatoms. The van der Waals surface area contributed by atoms with Gasteiger partial charge in [-0.05, 0) is 12.5 Å². The van der Waals surface area contributed by atoms with Crippen LogP contribution in [-0.4, -0.2) is 19.8 Å². The third-order valence-corrected chi connectivity index (χ3v) is 1.96. The molecule has 0 aromatic heterocycles. The summed E-state index contributed by atoms with van der Waals surface area (Å²) in [7, 11) is 0. The zero-order chi connectivity index (χ0) is 8.65. The van der Waals surface area contributed by atoms with Crippen molar-refractivity contribution in [3.05, 3.63) is 11.8 Å². The average Bonchev–Trinajstić information content (AvgIpc) is 2.14. The lowest BCUT2D eigenvalue weighted by atomic mass is 10.2. The molecule has 1 aliphatic heterocycles. The largest absolute Gasteiger partial charge is 0.498 e. The summed E-state index contributed by atoms with van der Waals surface area (Å²) in [4.78, 5) is 0. The quantitative estimate of drug-likeness (QED) is 0.590. The average molecular weight is 170 g/mol. The third-order valence-electron chi connectivity index (χ3n) is 1.96. The van der Waals surface area contributed by atoms with E-state index in [-0.39, 0.29) is 0 Å². The molecule has 0 unspecified atom stereocenters. The van der Waals surface area contributed by atoms with E-state index < -0.39 is 0 Å². The molecule has 0 aliphatic carbocycles. The molecule has 1 heterocycles. The van der Waals surface area contributed by atoms with Crippen LogP contribution in [0.25, 0.3) is 0 Å². The molecule has 0 aromatic carbocycles. The van der Waals surface area contributed by atoms with Crippen molar-refractivity contribution in [2.75, 3.05) is 19.8 Å². The van der Waals surface area contributed by atoms with Gasteiger partial charge < -0.3 is 9.47 Å². The monoisotopic (exact) mass is 170 g/mol. The van der Waals surface area contributed by atoms with Gasteiger partial charge in [0.2, 0.25) is 0 Å². The molecule has 12 heavy (non-hydrogen) atoms. The highest BCUT2D eigenvalue weighted by molar-refractivity contribution is 4.95. The van der Waals surface area contributed by atoms with Crippen LogP contribution in [0.3, 0.4) is 0 Å². The van der Waals surface area contributed by atoms with Crippen LogP contribution >= 0.6 is 0 Å². The molecule has 0 fully saturated rings. The number of unbranched alkanes of at least 4 members (excludes halogenated alkanes) is 2. The predicted molar refractivity (Wildman–Crippen MR) is 49.0 cm³/mol. The minimum absolute atomic E-state index is 0.725. The van der Waals surface area contributed by atoms with Gasteiger partial charge in [-0.15, -0.1) is 0 Å². The van der Waals surface area contributed by atoms with Gasteiger partial charge in [0.1, 0.15) is 0 Å². The van der Waals surface area contributed by atoms with Crippen LogP contribution in [-0.2, 0) is 9.47 Å². The first-order chi connectivity index (χ1) is 5.93. The maximum absolute atomic E-state index is 5.57. The Kier molecular flexibility index (Phi) is 4.85. The van der Waals surface area contributed by atoms with E-state index in [9.17, 15) is 0 Å². The Morgan fingerprint density at radius 1 is 1.50 bits per heavy atom. The van der Waals surface area contributed by atoms with Gasteiger partial charge in [-0.1, -0.05) is 19.8 Å². The van der Waals surface area contributed by atoms with E-state index in [0.717, 1.165) is 32.0 Å². The molecule has 70 valence electrons. The first-order valence-corrected chi connectivity index (χ1v) is 4.83. The Morgan fingerprint density at radius 2 is 2.42 bits per heavy atom. The molecule has 0 bridgehead atoms. The molecule has 0 atom stereocenters. The summed E-state index contributed by atoms with van der Waals surface area (Å²) in [5.74, 6) is 1.12. The smallest absolute Gasteiger partial charge is 0.0965 e. The lowest BCUT2D eigenvalue weighted by Gasteiger charge is -2.14. The Hall–Kier alpha value is -0.500. The molecule has 0 aromatic rings. The van der Waals surface area contributed by atoms with E-state index in [2.05, 4.69) is 6.92 Å². The van der Waals surface area contributed by atoms with Crippen molar-refractivity contribution in [1.29, 1.82) is 0 Å². The molecule has 1 aliphatic rings.